The number of aryl methyl sites for hydroxylation is 1. The molecule has 5 heteroatoms. The lowest BCUT2D eigenvalue weighted by molar-refractivity contribution is 0.628. The lowest BCUT2D eigenvalue weighted by Crippen LogP contribution is -2.16. The van der Waals surface area contributed by atoms with Gasteiger partial charge >= 0.3 is 0 Å². The first-order valence-corrected chi connectivity index (χ1v) is 7.00. The van der Waals surface area contributed by atoms with Crippen LogP contribution in [0.25, 0.3) is 0 Å². The van der Waals surface area contributed by atoms with Crippen molar-refractivity contribution in [2.24, 2.45) is 5.73 Å². The summed E-state index contributed by atoms with van der Waals surface area (Å²) in [4.78, 5) is 4.33. The third-order valence-corrected chi connectivity index (χ3v) is 4.24. The Morgan fingerprint density at radius 3 is 3.00 bits per heavy atom. The first-order chi connectivity index (χ1) is 8.63. The molecule has 3 nitrogen and oxygen atoms in total. The van der Waals surface area contributed by atoms with Crippen molar-refractivity contribution in [2.45, 2.75) is 25.9 Å². The number of aromatic nitrogens is 2. The summed E-state index contributed by atoms with van der Waals surface area (Å²) in [6.45, 7) is 2.98. The zero-order valence-corrected chi connectivity index (χ0v) is 12.4. The topological polar surface area (TPSA) is 43.8 Å². The minimum Gasteiger partial charge on any atom is -0.335 e. The van der Waals surface area contributed by atoms with Crippen LogP contribution in [0, 0.1) is 0 Å². The molecule has 0 radical (unpaired) electrons. The molecule has 18 heavy (non-hydrogen) atoms. The van der Waals surface area contributed by atoms with Crippen molar-refractivity contribution < 1.29 is 0 Å². The summed E-state index contributed by atoms with van der Waals surface area (Å²) in [5, 5.41) is 0.680. The number of hydrogen-bond donors (Lipinski definition) is 1. The van der Waals surface area contributed by atoms with Gasteiger partial charge in [-0.15, -0.1) is 0 Å². The highest BCUT2D eigenvalue weighted by Crippen LogP contribution is 2.30. The Kier molecular flexibility index (Phi) is 4.43. The summed E-state index contributed by atoms with van der Waals surface area (Å²) in [7, 11) is 0. The summed E-state index contributed by atoms with van der Waals surface area (Å²) in [5.74, 6) is 0.987. The van der Waals surface area contributed by atoms with Gasteiger partial charge in [-0.05, 0) is 34.5 Å². The molecule has 1 unspecified atom stereocenters. The summed E-state index contributed by atoms with van der Waals surface area (Å²) in [6, 6.07) is 5.66. The van der Waals surface area contributed by atoms with E-state index in [9.17, 15) is 0 Å². The molecule has 96 valence electrons. The first kappa shape index (κ1) is 13.6. The van der Waals surface area contributed by atoms with E-state index in [1.807, 2.05) is 24.4 Å². The molecule has 0 saturated carbocycles. The Morgan fingerprint density at radius 2 is 2.28 bits per heavy atom. The highest BCUT2D eigenvalue weighted by Gasteiger charge is 2.14. The average molecular weight is 329 g/mol. The highest BCUT2D eigenvalue weighted by atomic mass is 79.9. The fraction of sp³-hybridized carbons (Fsp3) is 0.308. The van der Waals surface area contributed by atoms with Crippen LogP contribution in [0.5, 0.6) is 0 Å². The molecule has 0 aliphatic heterocycles. The Morgan fingerprint density at radius 1 is 1.50 bits per heavy atom. The van der Waals surface area contributed by atoms with Crippen molar-refractivity contribution in [3.63, 3.8) is 0 Å². The molecule has 1 atom stereocenters. The molecule has 2 N–H and O–H groups in total. The maximum absolute atomic E-state index is 6.25. The minimum absolute atomic E-state index is 0.150. The van der Waals surface area contributed by atoms with E-state index < -0.39 is 0 Å². The second kappa shape index (κ2) is 5.87. The van der Waals surface area contributed by atoms with Crippen LogP contribution < -0.4 is 5.73 Å². The summed E-state index contributed by atoms with van der Waals surface area (Å²) < 4.78 is 2.96. The van der Waals surface area contributed by atoms with E-state index in [0.717, 1.165) is 22.4 Å². The van der Waals surface area contributed by atoms with Crippen molar-refractivity contribution in [3.05, 3.63) is 51.5 Å². The lowest BCUT2D eigenvalue weighted by Gasteiger charge is -2.15. The zero-order chi connectivity index (χ0) is 13.1. The molecule has 0 spiro atoms. The highest BCUT2D eigenvalue weighted by molar-refractivity contribution is 9.10. The number of benzene rings is 1. The van der Waals surface area contributed by atoms with Crippen molar-refractivity contribution in [1.29, 1.82) is 0 Å². The molecule has 0 amide bonds. The van der Waals surface area contributed by atoms with Crippen molar-refractivity contribution in [1.82, 2.24) is 9.55 Å². The molecule has 0 aliphatic carbocycles. The van der Waals surface area contributed by atoms with Gasteiger partial charge in [0.2, 0.25) is 0 Å². The summed E-state index contributed by atoms with van der Waals surface area (Å²) >= 11 is 9.66. The number of rotatable bonds is 4. The fourth-order valence-electron chi connectivity index (χ4n) is 1.93. The Labute approximate surface area is 120 Å². The van der Waals surface area contributed by atoms with E-state index in [2.05, 4.69) is 32.4 Å². The monoisotopic (exact) mass is 327 g/mol. The van der Waals surface area contributed by atoms with Gasteiger partial charge in [0.05, 0.1) is 5.02 Å². The summed E-state index contributed by atoms with van der Waals surface area (Å²) in [5.41, 5.74) is 7.16. The smallest absolute Gasteiger partial charge is 0.110 e. The molecule has 2 aromatic rings. The van der Waals surface area contributed by atoms with Gasteiger partial charge in [0, 0.05) is 35.9 Å². The van der Waals surface area contributed by atoms with Crippen LogP contribution in [0.2, 0.25) is 5.02 Å². The van der Waals surface area contributed by atoms with E-state index in [4.69, 9.17) is 17.3 Å². The molecule has 1 aromatic carbocycles. The quantitative estimate of drug-likeness (QED) is 0.932. The Bertz CT molecular complexity index is 539. The lowest BCUT2D eigenvalue weighted by atomic mass is 10.0. The van der Waals surface area contributed by atoms with Crippen molar-refractivity contribution in [2.75, 3.05) is 0 Å². The minimum atomic E-state index is -0.150. The third kappa shape index (κ3) is 2.76. The van der Waals surface area contributed by atoms with Gasteiger partial charge in [-0.2, -0.15) is 0 Å². The van der Waals surface area contributed by atoms with E-state index in [1.165, 1.54) is 0 Å². The van der Waals surface area contributed by atoms with Gasteiger partial charge in [0.1, 0.15) is 5.82 Å². The average Bonchev–Trinajstić information content (AvgIpc) is 2.79. The number of halogens is 2. The van der Waals surface area contributed by atoms with Crippen LogP contribution in [0.3, 0.4) is 0 Å². The largest absolute Gasteiger partial charge is 0.335 e. The molecule has 0 bridgehead atoms. The number of nitrogens with two attached hydrogens (primary N) is 1. The predicted octanol–water partition coefficient (Wildman–Crippen LogP) is 3.56. The number of hydrogen-bond acceptors (Lipinski definition) is 2. The Hall–Kier alpha value is -0.840. The van der Waals surface area contributed by atoms with Crippen LogP contribution in [0.15, 0.2) is 35.1 Å². The third-order valence-electron chi connectivity index (χ3n) is 2.93. The standard InChI is InChI=1S/C13H15BrClN3/c1-2-18-7-6-17-12(18)8-11(16)9-4-3-5-10(14)13(9)15/h3-7,11H,2,8,16H2,1H3. The molecule has 1 heterocycles. The van der Waals surface area contributed by atoms with E-state index in [0.29, 0.717) is 11.4 Å². The summed E-state index contributed by atoms with van der Waals surface area (Å²) in [6.07, 6.45) is 4.44. The fourth-order valence-corrected chi connectivity index (χ4v) is 2.58. The van der Waals surface area contributed by atoms with E-state index in [-0.39, 0.29) is 6.04 Å². The molecular weight excluding hydrogens is 314 g/mol. The first-order valence-electron chi connectivity index (χ1n) is 5.83. The maximum Gasteiger partial charge on any atom is 0.110 e. The van der Waals surface area contributed by atoms with E-state index >= 15 is 0 Å². The number of imidazole rings is 1. The van der Waals surface area contributed by atoms with Crippen LogP contribution in [0.4, 0.5) is 0 Å². The molecule has 0 fully saturated rings. The van der Waals surface area contributed by atoms with Crippen LogP contribution in [0.1, 0.15) is 24.4 Å². The predicted molar refractivity (Wildman–Crippen MR) is 77.7 cm³/mol. The molecule has 1 aromatic heterocycles. The maximum atomic E-state index is 6.25. The van der Waals surface area contributed by atoms with Gasteiger partial charge in [-0.25, -0.2) is 4.98 Å². The van der Waals surface area contributed by atoms with Gasteiger partial charge in [0.15, 0.2) is 0 Å². The van der Waals surface area contributed by atoms with Gasteiger partial charge in [-0.1, -0.05) is 23.7 Å². The Balaban J connectivity index is 2.22. The van der Waals surface area contributed by atoms with Crippen molar-refractivity contribution >= 4 is 27.5 Å². The van der Waals surface area contributed by atoms with Gasteiger partial charge in [0.25, 0.3) is 0 Å². The molecule has 2 rings (SSSR count). The normalized spacial score (nSPS) is 12.7. The van der Waals surface area contributed by atoms with Crippen LogP contribution in [-0.2, 0) is 13.0 Å². The van der Waals surface area contributed by atoms with Crippen LogP contribution >= 0.6 is 27.5 Å². The molecular formula is C13H15BrClN3. The van der Waals surface area contributed by atoms with Crippen molar-refractivity contribution in [3.8, 4) is 0 Å². The van der Waals surface area contributed by atoms with E-state index in [1.54, 1.807) is 6.20 Å². The van der Waals surface area contributed by atoms with Crippen LogP contribution in [-0.4, -0.2) is 9.55 Å². The zero-order valence-electron chi connectivity index (χ0n) is 10.1. The van der Waals surface area contributed by atoms with Gasteiger partial charge < -0.3 is 10.3 Å². The molecule has 0 aliphatic rings. The molecule has 0 saturated heterocycles. The second-order valence-electron chi connectivity index (χ2n) is 4.08. The SMILES string of the molecule is CCn1ccnc1CC(N)c1cccc(Br)c1Cl. The second-order valence-corrected chi connectivity index (χ2v) is 5.32. The van der Waals surface area contributed by atoms with Gasteiger partial charge in [-0.3, -0.25) is 0 Å². The number of nitrogens with zero attached hydrogens (tertiary/aromatic N) is 2.